The first-order valence-electron chi connectivity index (χ1n) is 11.1. The smallest absolute Gasteiger partial charge is 0.326 e. The summed E-state index contributed by atoms with van der Waals surface area (Å²) in [7, 11) is 1.77. The topological polar surface area (TPSA) is 118 Å². The molecule has 9 nitrogen and oxygen atoms in total. The van der Waals surface area contributed by atoms with Gasteiger partial charge in [0, 0.05) is 37.0 Å². The van der Waals surface area contributed by atoms with Crippen molar-refractivity contribution in [3.8, 4) is 11.8 Å². The zero-order valence-electron chi connectivity index (χ0n) is 18.7. The Morgan fingerprint density at radius 2 is 1.97 bits per heavy atom. The van der Waals surface area contributed by atoms with Crippen LogP contribution in [-0.4, -0.2) is 51.1 Å². The Kier molecular flexibility index (Phi) is 4.25. The highest BCUT2D eigenvalue weighted by Crippen LogP contribution is 2.53. The second kappa shape index (κ2) is 6.98. The van der Waals surface area contributed by atoms with Crippen molar-refractivity contribution in [2.24, 2.45) is 11.1 Å². The highest BCUT2D eigenvalue weighted by molar-refractivity contribution is 6.16. The van der Waals surface area contributed by atoms with E-state index in [4.69, 9.17) is 15.5 Å². The number of nitrogens with one attached hydrogen (secondary N) is 2. The monoisotopic (exact) mass is 448 g/mol. The Balaban J connectivity index is 1.57. The molecule has 0 bridgehead atoms. The van der Waals surface area contributed by atoms with E-state index in [-0.39, 0.29) is 23.3 Å². The summed E-state index contributed by atoms with van der Waals surface area (Å²) in [5.41, 5.74) is 9.20. The van der Waals surface area contributed by atoms with Crippen LogP contribution in [0.4, 0.5) is 15.9 Å². The summed E-state index contributed by atoms with van der Waals surface area (Å²) in [5, 5.41) is 4.61. The summed E-state index contributed by atoms with van der Waals surface area (Å²) in [5.74, 6) is 1.50. The number of hydrogen-bond acceptors (Lipinski definition) is 8. The fourth-order valence-corrected chi connectivity index (χ4v) is 4.91. The molecule has 3 aromatic heterocycles. The molecule has 0 amide bonds. The van der Waals surface area contributed by atoms with Crippen LogP contribution in [0, 0.1) is 25.1 Å². The van der Waals surface area contributed by atoms with Gasteiger partial charge in [0.25, 0.3) is 0 Å². The first kappa shape index (κ1) is 20.1. The molecular formula is C23H25FN8O. The van der Waals surface area contributed by atoms with E-state index in [1.807, 2.05) is 0 Å². The summed E-state index contributed by atoms with van der Waals surface area (Å²) in [6.07, 6.45) is 5.41. The first-order chi connectivity index (χ1) is 15.9. The Morgan fingerprint density at radius 1 is 1.21 bits per heavy atom. The minimum Gasteiger partial charge on any atom is -0.421 e. The molecule has 4 N–H and O–H groups in total. The molecule has 1 atom stereocenters. The fraction of sp³-hybridized carbons (Fsp3) is 0.391. The number of nitrogens with zero attached hydrogens (tertiary/aromatic N) is 5. The fourth-order valence-electron chi connectivity index (χ4n) is 4.91. The second-order valence-electron chi connectivity index (χ2n) is 9.13. The van der Waals surface area contributed by atoms with Gasteiger partial charge in [0.2, 0.25) is 0 Å². The van der Waals surface area contributed by atoms with E-state index >= 15 is 0 Å². The molecule has 4 aromatic rings. The highest BCUT2D eigenvalue weighted by atomic mass is 19.1. The zero-order chi connectivity index (χ0) is 22.9. The number of ether oxygens (including phenoxy) is 1. The van der Waals surface area contributed by atoms with Crippen LogP contribution in [0.3, 0.4) is 0 Å². The summed E-state index contributed by atoms with van der Waals surface area (Å²) < 4.78 is 20.8. The van der Waals surface area contributed by atoms with Gasteiger partial charge in [0.05, 0.1) is 29.0 Å². The van der Waals surface area contributed by atoms with E-state index < -0.39 is 0 Å². The number of aromatic amines is 1. The molecule has 1 aliphatic carbocycles. The molecule has 2 aliphatic rings. The number of hydrogen-bond donors (Lipinski definition) is 3. The molecule has 1 saturated carbocycles. The van der Waals surface area contributed by atoms with Crippen LogP contribution in [0.5, 0.6) is 11.8 Å². The van der Waals surface area contributed by atoms with Crippen LogP contribution in [0.2, 0.25) is 0 Å². The maximum atomic E-state index is 14.8. The normalized spacial score (nSPS) is 19.1. The summed E-state index contributed by atoms with van der Waals surface area (Å²) in [6, 6.07) is 1.74. The second-order valence-corrected chi connectivity index (χ2v) is 9.13. The average molecular weight is 449 g/mol. The molecule has 10 heteroatoms. The average Bonchev–Trinajstić information content (AvgIpc) is 3.37. The van der Waals surface area contributed by atoms with Crippen LogP contribution >= 0.6 is 0 Å². The van der Waals surface area contributed by atoms with Crippen molar-refractivity contribution in [1.82, 2.24) is 24.9 Å². The van der Waals surface area contributed by atoms with Gasteiger partial charge in [0.15, 0.2) is 5.75 Å². The van der Waals surface area contributed by atoms with Crippen molar-refractivity contribution in [2.75, 3.05) is 30.4 Å². The summed E-state index contributed by atoms with van der Waals surface area (Å²) >= 11 is 0. The molecule has 1 saturated heterocycles. The van der Waals surface area contributed by atoms with Crippen LogP contribution in [0.25, 0.3) is 21.9 Å². The lowest BCUT2D eigenvalue weighted by molar-refractivity contribution is 0.439. The van der Waals surface area contributed by atoms with Crippen molar-refractivity contribution < 1.29 is 9.13 Å². The van der Waals surface area contributed by atoms with Crippen LogP contribution in [0.1, 0.15) is 24.2 Å². The van der Waals surface area contributed by atoms with Gasteiger partial charge < -0.3 is 25.7 Å². The number of fused-ring (bicyclic) bond motifs is 3. The Bertz CT molecular complexity index is 1400. The number of rotatable bonds is 4. The molecule has 6 rings (SSSR count). The van der Waals surface area contributed by atoms with Gasteiger partial charge in [0.1, 0.15) is 23.1 Å². The van der Waals surface area contributed by atoms with Crippen molar-refractivity contribution >= 4 is 33.4 Å². The summed E-state index contributed by atoms with van der Waals surface area (Å²) in [4.78, 5) is 23.3. The van der Waals surface area contributed by atoms with Gasteiger partial charge in [-0.05, 0) is 38.3 Å². The number of halogens is 1. The number of aromatic nitrogens is 5. The van der Waals surface area contributed by atoms with E-state index in [1.165, 1.54) is 6.07 Å². The van der Waals surface area contributed by atoms with Crippen molar-refractivity contribution in [1.29, 1.82) is 0 Å². The number of aryl methyl sites for hydroxylation is 2. The Labute approximate surface area is 189 Å². The predicted octanol–water partition coefficient (Wildman–Crippen LogP) is 3.42. The van der Waals surface area contributed by atoms with Crippen molar-refractivity contribution in [2.45, 2.75) is 32.7 Å². The maximum Gasteiger partial charge on any atom is 0.326 e. The third kappa shape index (κ3) is 3.08. The Morgan fingerprint density at radius 3 is 2.64 bits per heavy atom. The van der Waals surface area contributed by atoms with Crippen LogP contribution in [-0.2, 0) is 0 Å². The molecule has 33 heavy (non-hydrogen) atoms. The minimum absolute atomic E-state index is 0.0771. The van der Waals surface area contributed by atoms with Crippen molar-refractivity contribution in [3.63, 3.8) is 0 Å². The molecule has 0 radical (unpaired) electrons. The van der Waals surface area contributed by atoms with Gasteiger partial charge in [-0.3, -0.25) is 0 Å². The van der Waals surface area contributed by atoms with Gasteiger partial charge in [-0.25, -0.2) is 14.4 Å². The highest BCUT2D eigenvalue weighted by Gasteiger charge is 2.54. The third-order valence-corrected chi connectivity index (χ3v) is 7.02. The largest absolute Gasteiger partial charge is 0.421 e. The number of benzene rings is 1. The zero-order valence-corrected chi connectivity index (χ0v) is 18.7. The lowest BCUT2D eigenvalue weighted by atomic mass is 10.0. The SMILES string of the molecule is CNc1cc(F)c(C)c2c1[nH]c1nc(Oc3cnc(C)nc3)nc(N3C[C@H](N)C4(CC4)C3)c12. The third-order valence-electron chi connectivity index (χ3n) is 7.02. The van der Waals surface area contributed by atoms with E-state index in [9.17, 15) is 4.39 Å². The number of anilines is 2. The molecule has 0 unspecified atom stereocenters. The molecule has 4 heterocycles. The predicted molar refractivity (Wildman–Crippen MR) is 124 cm³/mol. The quantitative estimate of drug-likeness (QED) is 0.435. The van der Waals surface area contributed by atoms with E-state index in [0.717, 1.165) is 35.7 Å². The number of nitrogens with two attached hydrogens (primary N) is 1. The van der Waals surface area contributed by atoms with E-state index in [2.05, 4.69) is 30.2 Å². The molecule has 1 spiro atoms. The summed E-state index contributed by atoms with van der Waals surface area (Å²) in [6.45, 7) is 5.08. The lowest BCUT2D eigenvalue weighted by Crippen LogP contribution is -2.30. The van der Waals surface area contributed by atoms with Crippen LogP contribution < -0.4 is 20.7 Å². The van der Waals surface area contributed by atoms with Crippen molar-refractivity contribution in [3.05, 3.63) is 35.7 Å². The maximum absolute atomic E-state index is 14.8. The molecule has 2 fully saturated rings. The lowest BCUT2D eigenvalue weighted by Gasteiger charge is -2.19. The van der Waals surface area contributed by atoms with E-state index in [1.54, 1.807) is 33.3 Å². The molecular weight excluding hydrogens is 423 g/mol. The molecule has 1 aliphatic heterocycles. The minimum atomic E-state index is -0.285. The molecule has 170 valence electrons. The molecule has 1 aromatic carbocycles. The first-order valence-corrected chi connectivity index (χ1v) is 11.1. The van der Waals surface area contributed by atoms with Gasteiger partial charge in [-0.2, -0.15) is 9.97 Å². The Hall–Kier alpha value is -3.53. The van der Waals surface area contributed by atoms with Gasteiger partial charge in [-0.1, -0.05) is 0 Å². The standard InChI is InChI=1S/C23H25FN8O/c1-11-14(24)6-15(26-3)19-17(11)18-20(29-19)30-22(33-13-7-27-12(2)28-8-13)31-21(18)32-9-16(25)23(10-32)4-5-23/h6-8,16,26H,4-5,9-10,25H2,1-3H3,(H,29,30,31)/t16-/m0/s1. The van der Waals surface area contributed by atoms with Gasteiger partial charge >= 0.3 is 6.01 Å². The van der Waals surface area contributed by atoms with Gasteiger partial charge in [-0.15, -0.1) is 0 Å². The van der Waals surface area contributed by atoms with Crippen LogP contribution in [0.15, 0.2) is 18.5 Å². The number of H-pyrrole nitrogens is 1. The van der Waals surface area contributed by atoms with E-state index in [0.29, 0.717) is 40.8 Å².